The van der Waals surface area contributed by atoms with Gasteiger partial charge in [-0.1, -0.05) is 22.9 Å². The van der Waals surface area contributed by atoms with Crippen LogP contribution in [0.15, 0.2) is 22.7 Å². The van der Waals surface area contributed by atoms with Gasteiger partial charge in [-0.2, -0.15) is 0 Å². The first-order valence-electron chi connectivity index (χ1n) is 6.01. The molecular weight excluding hydrogens is 294 g/mol. The number of nitrogens with one attached hydrogen (secondary N) is 1. The molecule has 1 N–H and O–H groups in total. The normalized spacial score (nSPS) is 11.4. The highest BCUT2D eigenvalue weighted by atomic mass is 79.9. The van der Waals surface area contributed by atoms with E-state index in [1.807, 2.05) is 32.0 Å². The Morgan fingerprint density at radius 3 is 2.67 bits per heavy atom. The van der Waals surface area contributed by atoms with Gasteiger partial charge in [0.2, 0.25) is 5.91 Å². The third-order valence-corrected chi connectivity index (χ3v) is 3.35. The predicted molar refractivity (Wildman–Crippen MR) is 77.9 cm³/mol. The van der Waals surface area contributed by atoms with Crippen LogP contribution in [0.5, 0.6) is 0 Å². The molecule has 100 valence electrons. The molecular formula is C14H20BrNO2. The second kappa shape index (κ2) is 6.34. The molecule has 0 aliphatic rings. The average Bonchev–Trinajstić information content (AvgIpc) is 2.30. The van der Waals surface area contributed by atoms with E-state index in [4.69, 9.17) is 4.74 Å². The van der Waals surface area contributed by atoms with Gasteiger partial charge in [0.1, 0.15) is 0 Å². The number of anilines is 1. The molecule has 0 aliphatic heterocycles. The van der Waals surface area contributed by atoms with Gasteiger partial charge in [-0.15, -0.1) is 0 Å². The molecule has 0 saturated heterocycles. The molecule has 0 spiro atoms. The van der Waals surface area contributed by atoms with E-state index in [1.54, 1.807) is 7.11 Å². The molecule has 1 aromatic rings. The van der Waals surface area contributed by atoms with Crippen molar-refractivity contribution in [1.82, 2.24) is 0 Å². The van der Waals surface area contributed by atoms with Crippen molar-refractivity contribution in [1.29, 1.82) is 0 Å². The number of carbonyl (C=O) groups is 1. The topological polar surface area (TPSA) is 38.3 Å². The number of halogens is 1. The fourth-order valence-corrected chi connectivity index (χ4v) is 2.04. The maximum Gasteiger partial charge on any atom is 0.227 e. The lowest BCUT2D eigenvalue weighted by Gasteiger charge is -2.22. The van der Waals surface area contributed by atoms with Gasteiger partial charge in [0, 0.05) is 17.3 Å². The lowest BCUT2D eigenvalue weighted by molar-refractivity contribution is -0.121. The van der Waals surface area contributed by atoms with Crippen molar-refractivity contribution in [3.05, 3.63) is 28.2 Å². The number of amides is 1. The summed E-state index contributed by atoms with van der Waals surface area (Å²) < 4.78 is 6.28. The summed E-state index contributed by atoms with van der Waals surface area (Å²) in [6, 6.07) is 5.87. The van der Waals surface area contributed by atoms with E-state index in [9.17, 15) is 4.79 Å². The maximum absolute atomic E-state index is 11.9. The van der Waals surface area contributed by atoms with Crippen LogP contribution in [0.2, 0.25) is 0 Å². The van der Waals surface area contributed by atoms with Crippen LogP contribution >= 0.6 is 15.9 Å². The average molecular weight is 314 g/mol. The molecule has 18 heavy (non-hydrogen) atoms. The van der Waals surface area contributed by atoms with Crippen LogP contribution in [0, 0.1) is 0 Å². The molecule has 1 amide bonds. The summed E-state index contributed by atoms with van der Waals surface area (Å²) >= 11 is 3.43. The highest BCUT2D eigenvalue weighted by Gasteiger charge is 2.21. The van der Waals surface area contributed by atoms with Crippen LogP contribution < -0.4 is 5.32 Å². The van der Waals surface area contributed by atoms with E-state index < -0.39 is 5.60 Å². The summed E-state index contributed by atoms with van der Waals surface area (Å²) in [6.07, 6.45) is 1.21. The first-order chi connectivity index (χ1) is 8.38. The molecule has 1 aromatic carbocycles. The Morgan fingerprint density at radius 2 is 2.11 bits per heavy atom. The highest BCUT2D eigenvalue weighted by Crippen LogP contribution is 2.22. The van der Waals surface area contributed by atoms with Crippen molar-refractivity contribution in [2.24, 2.45) is 0 Å². The number of hydrogen-bond donors (Lipinski definition) is 1. The van der Waals surface area contributed by atoms with Crippen molar-refractivity contribution in [3.63, 3.8) is 0 Å². The molecule has 0 unspecified atom stereocenters. The monoisotopic (exact) mass is 313 g/mol. The largest absolute Gasteiger partial charge is 0.378 e. The van der Waals surface area contributed by atoms with Crippen LogP contribution in [0.4, 0.5) is 5.69 Å². The van der Waals surface area contributed by atoms with Crippen molar-refractivity contribution in [3.8, 4) is 0 Å². The van der Waals surface area contributed by atoms with Gasteiger partial charge in [0.25, 0.3) is 0 Å². The fourth-order valence-electron chi connectivity index (χ4n) is 1.63. The molecule has 0 aromatic heterocycles. The first-order valence-corrected chi connectivity index (χ1v) is 6.80. The molecule has 0 heterocycles. The van der Waals surface area contributed by atoms with Gasteiger partial charge in [-0.3, -0.25) is 4.79 Å². The van der Waals surface area contributed by atoms with Crippen molar-refractivity contribution in [2.75, 3.05) is 12.4 Å². The first kappa shape index (κ1) is 15.2. The lowest BCUT2D eigenvalue weighted by atomic mass is 10.0. The van der Waals surface area contributed by atoms with Gasteiger partial charge in [-0.25, -0.2) is 0 Å². The van der Waals surface area contributed by atoms with E-state index in [1.165, 1.54) is 0 Å². The Hall–Kier alpha value is -0.870. The van der Waals surface area contributed by atoms with E-state index >= 15 is 0 Å². The van der Waals surface area contributed by atoms with Crippen LogP contribution in [0.1, 0.15) is 32.8 Å². The summed E-state index contributed by atoms with van der Waals surface area (Å²) in [4.78, 5) is 11.9. The number of ether oxygens (including phenoxy) is 1. The fraction of sp³-hybridized carbons (Fsp3) is 0.500. The maximum atomic E-state index is 11.9. The lowest BCUT2D eigenvalue weighted by Crippen LogP contribution is -2.29. The van der Waals surface area contributed by atoms with Gasteiger partial charge in [0.15, 0.2) is 0 Å². The Bertz CT molecular complexity index is 430. The van der Waals surface area contributed by atoms with Crippen LogP contribution in [-0.2, 0) is 16.0 Å². The number of benzene rings is 1. The zero-order valence-corrected chi connectivity index (χ0v) is 12.9. The Morgan fingerprint density at radius 1 is 1.44 bits per heavy atom. The minimum absolute atomic E-state index is 0.0288. The molecule has 0 fully saturated rings. The standard InChI is InChI=1S/C14H20BrNO2/c1-5-10-8-11(15)6-7-12(10)16-13(17)9-14(2,3)18-4/h6-8H,5,9H2,1-4H3,(H,16,17). The van der Waals surface area contributed by atoms with Crippen molar-refractivity contribution < 1.29 is 9.53 Å². The summed E-state index contributed by atoms with van der Waals surface area (Å²) in [5.41, 5.74) is 1.55. The number of rotatable bonds is 5. The predicted octanol–water partition coefficient (Wildman–Crippen LogP) is 3.77. The van der Waals surface area contributed by atoms with Gasteiger partial charge in [0.05, 0.1) is 12.0 Å². The number of hydrogen-bond acceptors (Lipinski definition) is 2. The zero-order valence-electron chi connectivity index (χ0n) is 11.3. The number of aryl methyl sites for hydroxylation is 1. The van der Waals surface area contributed by atoms with Gasteiger partial charge in [-0.05, 0) is 44.0 Å². The number of carbonyl (C=O) groups excluding carboxylic acids is 1. The smallest absolute Gasteiger partial charge is 0.227 e. The van der Waals surface area contributed by atoms with Crippen molar-refractivity contribution in [2.45, 2.75) is 39.2 Å². The van der Waals surface area contributed by atoms with E-state index in [2.05, 4.69) is 28.2 Å². The molecule has 0 bridgehead atoms. The molecule has 0 atom stereocenters. The Labute approximate surface area is 117 Å². The third kappa shape index (κ3) is 4.42. The summed E-state index contributed by atoms with van der Waals surface area (Å²) in [5.74, 6) is -0.0288. The second-order valence-electron chi connectivity index (χ2n) is 4.84. The molecule has 0 saturated carbocycles. The molecule has 0 radical (unpaired) electrons. The van der Waals surface area contributed by atoms with Crippen LogP contribution in [-0.4, -0.2) is 18.6 Å². The molecule has 3 nitrogen and oxygen atoms in total. The van der Waals surface area contributed by atoms with Gasteiger partial charge >= 0.3 is 0 Å². The zero-order chi connectivity index (χ0) is 13.8. The number of methoxy groups -OCH3 is 1. The van der Waals surface area contributed by atoms with E-state index in [0.717, 1.165) is 22.1 Å². The summed E-state index contributed by atoms with van der Waals surface area (Å²) in [5, 5.41) is 2.94. The highest BCUT2D eigenvalue weighted by molar-refractivity contribution is 9.10. The SMILES string of the molecule is CCc1cc(Br)ccc1NC(=O)CC(C)(C)OC. The van der Waals surface area contributed by atoms with Crippen LogP contribution in [0.3, 0.4) is 0 Å². The molecule has 4 heteroatoms. The Balaban J connectivity index is 2.76. The Kier molecular flexibility index (Phi) is 5.35. The summed E-state index contributed by atoms with van der Waals surface area (Å²) in [6.45, 7) is 5.86. The molecule has 1 rings (SSSR count). The van der Waals surface area contributed by atoms with Gasteiger partial charge < -0.3 is 10.1 Å². The van der Waals surface area contributed by atoms with Crippen LogP contribution in [0.25, 0.3) is 0 Å². The van der Waals surface area contributed by atoms with E-state index in [0.29, 0.717) is 6.42 Å². The quantitative estimate of drug-likeness (QED) is 0.898. The van der Waals surface area contributed by atoms with Crippen molar-refractivity contribution >= 4 is 27.5 Å². The molecule has 0 aliphatic carbocycles. The second-order valence-corrected chi connectivity index (χ2v) is 5.76. The minimum atomic E-state index is -0.439. The summed E-state index contributed by atoms with van der Waals surface area (Å²) in [7, 11) is 1.62. The minimum Gasteiger partial charge on any atom is -0.378 e. The third-order valence-electron chi connectivity index (χ3n) is 2.86. The van der Waals surface area contributed by atoms with E-state index in [-0.39, 0.29) is 5.91 Å².